The van der Waals surface area contributed by atoms with Crippen molar-refractivity contribution in [2.24, 2.45) is 0 Å². The Morgan fingerprint density at radius 3 is 1.34 bits per heavy atom. The zero-order valence-electron chi connectivity index (χ0n) is 17.2. The van der Waals surface area contributed by atoms with Crippen molar-refractivity contribution in [1.82, 2.24) is 0 Å². The van der Waals surface area contributed by atoms with Gasteiger partial charge < -0.3 is 18.3 Å². The molecule has 0 radical (unpaired) electrons. The number of hydrogen-bond donors (Lipinski definition) is 0. The first kappa shape index (κ1) is 30.5. The molecular weight excluding hydrogens is 463 g/mol. The van der Waals surface area contributed by atoms with E-state index in [-0.39, 0.29) is 61.7 Å². The average molecular weight is 490 g/mol. The molecule has 3 heteroatoms. The number of allylic oxidation sites excluding steroid dienone is 8. The normalized spacial score (nSPS) is 11.9. The fourth-order valence-corrected chi connectivity index (χ4v) is 2.63. The van der Waals surface area contributed by atoms with E-state index < -0.39 is 0 Å². The van der Waals surface area contributed by atoms with Crippen molar-refractivity contribution < 1.29 is 38.6 Å². The first-order chi connectivity index (χ1) is 12.8. The predicted octanol–water partition coefficient (Wildman–Crippen LogP) is 3.30. The molecule has 0 aliphatic heterocycles. The van der Waals surface area contributed by atoms with Crippen LogP contribution in [0.5, 0.6) is 0 Å². The SMILES string of the molecule is C[C-](Cc1ccccc1)Cc1ccccc1.[C-]1=CC=CC1.[C-]1=CC=CC1.[Cl-].[Mg+2].[Zr+2]. The van der Waals surface area contributed by atoms with Crippen LogP contribution >= 0.6 is 0 Å². The van der Waals surface area contributed by atoms with E-state index in [1.165, 1.54) is 17.0 Å². The van der Waals surface area contributed by atoms with E-state index in [0.717, 1.165) is 25.7 Å². The molecule has 4 rings (SSSR count). The van der Waals surface area contributed by atoms with Crippen LogP contribution in [0.25, 0.3) is 0 Å². The second-order valence-electron chi connectivity index (χ2n) is 6.29. The van der Waals surface area contributed by atoms with Crippen LogP contribution in [0.15, 0.2) is 97.1 Å². The second-order valence-corrected chi connectivity index (χ2v) is 6.29. The van der Waals surface area contributed by atoms with Gasteiger partial charge in [-0.15, -0.1) is 12.8 Å². The molecular formula is C26H27ClMgZr. The minimum Gasteiger partial charge on any atom is -1.00 e. The number of halogens is 1. The average Bonchev–Trinajstić information content (AvgIpc) is 3.42. The zero-order chi connectivity index (χ0) is 18.3. The maximum Gasteiger partial charge on any atom is 2.00 e. The maximum atomic E-state index is 2.99. The van der Waals surface area contributed by atoms with E-state index in [0.29, 0.717) is 0 Å². The van der Waals surface area contributed by atoms with Gasteiger partial charge in [0.1, 0.15) is 0 Å². The summed E-state index contributed by atoms with van der Waals surface area (Å²) in [6.45, 7) is 2.24. The minimum absolute atomic E-state index is 0. The Bertz CT molecular complexity index is 637. The fourth-order valence-electron chi connectivity index (χ4n) is 2.63. The molecule has 0 bridgehead atoms. The zero-order valence-corrected chi connectivity index (χ0v) is 21.8. The van der Waals surface area contributed by atoms with Gasteiger partial charge in [-0.2, -0.15) is 31.9 Å². The molecule has 0 fully saturated rings. The van der Waals surface area contributed by atoms with Gasteiger partial charge in [-0.25, -0.2) is 24.3 Å². The standard InChI is InChI=1S/C16H17.2C5H5.ClH.Mg.Zr/c1-14(12-15-8-4-2-5-9-15)13-16-10-6-3-7-11-16;2*1-2-4-5-3-1;;;/h2-11H,12-13H2,1H3;2*1-3H,4H2;1H;;/q3*-1;;2*+2/p-1. The van der Waals surface area contributed by atoms with Gasteiger partial charge in [-0.1, -0.05) is 71.8 Å². The maximum absolute atomic E-state index is 2.99. The minimum atomic E-state index is 0. The molecule has 0 amide bonds. The van der Waals surface area contributed by atoms with Gasteiger partial charge in [0.25, 0.3) is 0 Å². The van der Waals surface area contributed by atoms with Crippen LogP contribution in [0.2, 0.25) is 0 Å². The molecule has 0 nitrogen and oxygen atoms in total. The van der Waals surface area contributed by atoms with Gasteiger partial charge in [0.05, 0.1) is 0 Å². The van der Waals surface area contributed by atoms with Gasteiger partial charge in [-0.3, -0.25) is 12.2 Å². The Morgan fingerprint density at radius 1 is 0.724 bits per heavy atom. The summed E-state index contributed by atoms with van der Waals surface area (Å²) < 4.78 is 0. The Morgan fingerprint density at radius 2 is 1.10 bits per heavy atom. The topological polar surface area (TPSA) is 0 Å². The van der Waals surface area contributed by atoms with Gasteiger partial charge in [0.2, 0.25) is 0 Å². The summed E-state index contributed by atoms with van der Waals surface area (Å²) in [6.07, 6.45) is 22.2. The van der Waals surface area contributed by atoms with Crippen LogP contribution in [0.4, 0.5) is 0 Å². The Labute approximate surface area is 219 Å². The summed E-state index contributed by atoms with van der Waals surface area (Å²) in [5.41, 5.74) is 2.80. The van der Waals surface area contributed by atoms with E-state index in [1.807, 2.05) is 24.3 Å². The number of hydrogen-bond acceptors (Lipinski definition) is 0. The van der Waals surface area contributed by atoms with Crippen molar-refractivity contribution in [3.63, 3.8) is 0 Å². The van der Waals surface area contributed by atoms with E-state index >= 15 is 0 Å². The molecule has 0 saturated heterocycles. The van der Waals surface area contributed by atoms with Crippen molar-refractivity contribution in [1.29, 1.82) is 0 Å². The Hall–Kier alpha value is -0.661. The Kier molecular flexibility index (Phi) is 21.7. The van der Waals surface area contributed by atoms with Crippen molar-refractivity contribution >= 4 is 23.1 Å². The molecule has 2 aliphatic rings. The molecule has 0 N–H and O–H groups in total. The van der Waals surface area contributed by atoms with Crippen LogP contribution in [-0.2, 0) is 39.0 Å². The largest absolute Gasteiger partial charge is 2.00 e. The van der Waals surface area contributed by atoms with Crippen molar-refractivity contribution in [2.45, 2.75) is 32.6 Å². The molecule has 144 valence electrons. The van der Waals surface area contributed by atoms with Crippen LogP contribution < -0.4 is 12.4 Å². The van der Waals surface area contributed by atoms with Crippen molar-refractivity contribution in [2.75, 3.05) is 0 Å². The van der Waals surface area contributed by atoms with Crippen LogP contribution in [0.3, 0.4) is 0 Å². The van der Waals surface area contributed by atoms with Crippen LogP contribution in [-0.4, -0.2) is 23.1 Å². The quantitative estimate of drug-likeness (QED) is 0.456. The predicted molar refractivity (Wildman–Crippen MR) is 118 cm³/mol. The van der Waals surface area contributed by atoms with Crippen LogP contribution in [0.1, 0.15) is 30.9 Å². The van der Waals surface area contributed by atoms with Crippen molar-refractivity contribution in [3.8, 4) is 0 Å². The second kappa shape index (κ2) is 20.6. The molecule has 0 spiro atoms. The number of benzene rings is 2. The summed E-state index contributed by atoms with van der Waals surface area (Å²) in [7, 11) is 0. The molecule has 0 heterocycles. The third kappa shape index (κ3) is 15.8. The van der Waals surface area contributed by atoms with E-state index in [9.17, 15) is 0 Å². The Balaban J connectivity index is 0. The summed E-state index contributed by atoms with van der Waals surface area (Å²) in [5.74, 6) is 1.51. The van der Waals surface area contributed by atoms with Gasteiger partial charge in [0.15, 0.2) is 0 Å². The molecule has 0 saturated carbocycles. The first-order valence-corrected chi connectivity index (χ1v) is 9.17. The van der Waals surface area contributed by atoms with E-state index in [4.69, 9.17) is 0 Å². The van der Waals surface area contributed by atoms with Gasteiger partial charge in [-0.05, 0) is 0 Å². The van der Waals surface area contributed by atoms with E-state index in [2.05, 4.69) is 91.9 Å². The monoisotopic (exact) mass is 488 g/mol. The van der Waals surface area contributed by atoms with Gasteiger partial charge >= 0.3 is 49.3 Å². The summed E-state index contributed by atoms with van der Waals surface area (Å²) in [6, 6.07) is 21.3. The smallest absolute Gasteiger partial charge is 1.00 e. The van der Waals surface area contributed by atoms with Crippen molar-refractivity contribution in [3.05, 3.63) is 126 Å². The van der Waals surface area contributed by atoms with E-state index in [1.54, 1.807) is 0 Å². The summed E-state index contributed by atoms with van der Waals surface area (Å²) >= 11 is 0. The molecule has 29 heavy (non-hydrogen) atoms. The molecule has 2 aliphatic carbocycles. The first-order valence-electron chi connectivity index (χ1n) is 9.17. The molecule has 2 aromatic rings. The third-order valence-electron chi connectivity index (χ3n) is 3.87. The molecule has 2 aromatic carbocycles. The number of rotatable bonds is 4. The summed E-state index contributed by atoms with van der Waals surface area (Å²) in [4.78, 5) is 0. The molecule has 0 aromatic heterocycles. The molecule has 0 unspecified atom stereocenters. The summed E-state index contributed by atoms with van der Waals surface area (Å²) in [5, 5.41) is 0. The van der Waals surface area contributed by atoms with Crippen LogP contribution in [0, 0.1) is 18.1 Å². The van der Waals surface area contributed by atoms with Gasteiger partial charge in [0, 0.05) is 0 Å². The molecule has 0 atom stereocenters. The fraction of sp³-hybridized carbons (Fsp3) is 0.192. The third-order valence-corrected chi connectivity index (χ3v) is 3.87.